The number of nitrogens with one attached hydrogen (secondary N) is 1. The van der Waals surface area contributed by atoms with Crippen LogP contribution in [-0.2, 0) is 16.1 Å². The van der Waals surface area contributed by atoms with Crippen LogP contribution in [0.2, 0.25) is 0 Å². The van der Waals surface area contributed by atoms with Crippen LogP contribution in [0.25, 0.3) is 0 Å². The van der Waals surface area contributed by atoms with E-state index in [0.717, 1.165) is 0 Å². The summed E-state index contributed by atoms with van der Waals surface area (Å²) in [6.45, 7) is 2.39. The topological polar surface area (TPSA) is 109 Å². The average Bonchev–Trinajstić information content (AvgIpc) is 3.16. The Morgan fingerprint density at radius 3 is 2.63 bits per heavy atom. The lowest BCUT2D eigenvalue weighted by Gasteiger charge is -2.11. The number of rotatable bonds is 8. The van der Waals surface area contributed by atoms with Gasteiger partial charge in [-0.1, -0.05) is 0 Å². The van der Waals surface area contributed by atoms with Gasteiger partial charge in [-0.15, -0.1) is 0 Å². The van der Waals surface area contributed by atoms with E-state index in [2.05, 4.69) is 20.0 Å². The summed E-state index contributed by atoms with van der Waals surface area (Å²) in [7, 11) is 2.53. The third-order valence-corrected chi connectivity index (χ3v) is 3.24. The SMILES string of the molecule is CCOc1cc(/C=N/NC(=O)OC)ccc1OCc1ccc(C(=O)OC)o1. The Balaban J connectivity index is 2.06. The zero-order valence-electron chi connectivity index (χ0n) is 15.2. The van der Waals surface area contributed by atoms with Gasteiger partial charge in [0.2, 0.25) is 5.76 Å². The number of furan rings is 1. The molecule has 1 heterocycles. The largest absolute Gasteiger partial charge is 0.490 e. The fourth-order valence-corrected chi connectivity index (χ4v) is 2.01. The maximum atomic E-state index is 11.4. The molecule has 0 saturated heterocycles. The van der Waals surface area contributed by atoms with E-state index in [4.69, 9.17) is 13.9 Å². The summed E-state index contributed by atoms with van der Waals surface area (Å²) in [4.78, 5) is 22.4. The summed E-state index contributed by atoms with van der Waals surface area (Å²) in [6, 6.07) is 8.30. The lowest BCUT2D eigenvalue weighted by Crippen LogP contribution is -2.16. The number of carbonyl (C=O) groups excluding carboxylic acids is 2. The van der Waals surface area contributed by atoms with E-state index in [-0.39, 0.29) is 12.4 Å². The molecule has 9 nitrogen and oxygen atoms in total. The number of benzene rings is 1. The van der Waals surface area contributed by atoms with Crippen molar-refractivity contribution in [3.8, 4) is 11.5 Å². The van der Waals surface area contributed by atoms with Crippen molar-refractivity contribution in [1.82, 2.24) is 5.43 Å². The smallest absolute Gasteiger partial charge is 0.427 e. The Kier molecular flexibility index (Phi) is 7.24. The van der Waals surface area contributed by atoms with Crippen LogP contribution in [0.4, 0.5) is 4.79 Å². The summed E-state index contributed by atoms with van der Waals surface area (Å²) in [6.07, 6.45) is 0.777. The van der Waals surface area contributed by atoms with Crippen molar-refractivity contribution in [2.75, 3.05) is 20.8 Å². The van der Waals surface area contributed by atoms with Crippen LogP contribution < -0.4 is 14.9 Å². The number of ether oxygens (including phenoxy) is 4. The number of esters is 1. The summed E-state index contributed by atoms with van der Waals surface area (Å²) in [5, 5.41) is 3.76. The number of hydrogen-bond donors (Lipinski definition) is 1. The molecule has 1 amide bonds. The van der Waals surface area contributed by atoms with Crippen molar-refractivity contribution >= 4 is 18.3 Å². The highest BCUT2D eigenvalue weighted by Crippen LogP contribution is 2.29. The molecule has 2 rings (SSSR count). The Morgan fingerprint density at radius 2 is 1.93 bits per heavy atom. The average molecular weight is 376 g/mol. The van der Waals surface area contributed by atoms with E-state index in [9.17, 15) is 9.59 Å². The summed E-state index contributed by atoms with van der Waals surface area (Å²) in [5.74, 6) is 1.00. The molecule has 0 aliphatic heterocycles. The molecule has 0 spiro atoms. The molecule has 2 aromatic rings. The van der Waals surface area contributed by atoms with Gasteiger partial charge < -0.3 is 23.4 Å². The predicted molar refractivity (Wildman–Crippen MR) is 95.1 cm³/mol. The number of methoxy groups -OCH3 is 2. The molecule has 1 N–H and O–H groups in total. The monoisotopic (exact) mass is 376 g/mol. The molecule has 0 aliphatic carbocycles. The molecular formula is C18H20N2O7. The molecule has 1 aromatic carbocycles. The van der Waals surface area contributed by atoms with E-state index in [0.29, 0.717) is 29.4 Å². The van der Waals surface area contributed by atoms with Gasteiger partial charge in [0.15, 0.2) is 11.5 Å². The van der Waals surface area contributed by atoms with Crippen molar-refractivity contribution in [3.05, 3.63) is 47.4 Å². The minimum Gasteiger partial charge on any atom is -0.490 e. The van der Waals surface area contributed by atoms with Gasteiger partial charge in [0.25, 0.3) is 0 Å². The molecule has 144 valence electrons. The molecule has 9 heteroatoms. The maximum absolute atomic E-state index is 11.4. The Labute approximate surface area is 155 Å². The molecule has 0 fully saturated rings. The molecular weight excluding hydrogens is 356 g/mol. The number of carbonyl (C=O) groups is 2. The lowest BCUT2D eigenvalue weighted by molar-refractivity contribution is 0.0560. The van der Waals surface area contributed by atoms with Crippen LogP contribution in [0.3, 0.4) is 0 Å². The highest BCUT2D eigenvalue weighted by atomic mass is 16.5. The molecule has 0 atom stereocenters. The second-order valence-corrected chi connectivity index (χ2v) is 5.05. The summed E-state index contributed by atoms with van der Waals surface area (Å²) < 4.78 is 25.7. The first kappa shape index (κ1) is 19.8. The van der Waals surface area contributed by atoms with Gasteiger partial charge in [0.05, 0.1) is 27.0 Å². The summed E-state index contributed by atoms with van der Waals surface area (Å²) >= 11 is 0. The third-order valence-electron chi connectivity index (χ3n) is 3.24. The lowest BCUT2D eigenvalue weighted by atomic mass is 10.2. The molecule has 27 heavy (non-hydrogen) atoms. The fraction of sp³-hybridized carbons (Fsp3) is 0.278. The molecule has 0 aliphatic rings. The highest BCUT2D eigenvalue weighted by molar-refractivity contribution is 5.86. The number of hydrazone groups is 1. The Bertz CT molecular complexity index is 814. The molecule has 0 unspecified atom stereocenters. The van der Waals surface area contributed by atoms with Gasteiger partial charge in [-0.2, -0.15) is 5.10 Å². The first-order valence-corrected chi connectivity index (χ1v) is 8.01. The van der Waals surface area contributed by atoms with E-state index in [1.54, 1.807) is 24.3 Å². The van der Waals surface area contributed by atoms with Crippen LogP contribution in [0, 0.1) is 0 Å². The summed E-state index contributed by atoms with van der Waals surface area (Å²) in [5.41, 5.74) is 2.88. The highest BCUT2D eigenvalue weighted by Gasteiger charge is 2.12. The van der Waals surface area contributed by atoms with Gasteiger partial charge in [-0.05, 0) is 42.8 Å². The van der Waals surface area contributed by atoms with Crippen LogP contribution in [0.15, 0.2) is 39.9 Å². The van der Waals surface area contributed by atoms with Gasteiger partial charge in [-0.25, -0.2) is 15.0 Å². The van der Waals surface area contributed by atoms with Gasteiger partial charge in [-0.3, -0.25) is 0 Å². The number of nitrogens with zero attached hydrogens (tertiary/aromatic N) is 1. The first-order valence-electron chi connectivity index (χ1n) is 8.01. The molecule has 0 radical (unpaired) electrons. The minimum absolute atomic E-state index is 0.103. The fourth-order valence-electron chi connectivity index (χ4n) is 2.01. The number of amides is 1. The standard InChI is InChI=1S/C18H20N2O7/c1-4-25-16-9-12(10-19-20-18(22)24-3)5-7-14(16)26-11-13-6-8-15(27-13)17(21)23-2/h5-10H,4,11H2,1-3H3,(H,20,22)/b19-10+. The second kappa shape index (κ2) is 9.85. The molecule has 0 bridgehead atoms. The van der Waals surface area contributed by atoms with Crippen molar-refractivity contribution < 1.29 is 33.0 Å². The zero-order chi connectivity index (χ0) is 19.6. The van der Waals surface area contributed by atoms with Crippen LogP contribution in [-0.4, -0.2) is 39.1 Å². The first-order chi connectivity index (χ1) is 13.1. The number of hydrogen-bond acceptors (Lipinski definition) is 8. The third kappa shape index (κ3) is 5.77. The van der Waals surface area contributed by atoms with E-state index < -0.39 is 12.1 Å². The van der Waals surface area contributed by atoms with Crippen molar-refractivity contribution in [2.24, 2.45) is 5.10 Å². The van der Waals surface area contributed by atoms with Crippen molar-refractivity contribution in [1.29, 1.82) is 0 Å². The van der Waals surface area contributed by atoms with Gasteiger partial charge >= 0.3 is 12.1 Å². The van der Waals surface area contributed by atoms with Crippen molar-refractivity contribution in [3.63, 3.8) is 0 Å². The van der Waals surface area contributed by atoms with E-state index in [1.165, 1.54) is 26.5 Å². The van der Waals surface area contributed by atoms with Gasteiger partial charge in [0, 0.05) is 0 Å². The Morgan fingerprint density at radius 1 is 1.11 bits per heavy atom. The maximum Gasteiger partial charge on any atom is 0.427 e. The minimum atomic E-state index is -0.666. The predicted octanol–water partition coefficient (Wildman–Crippen LogP) is 2.73. The van der Waals surface area contributed by atoms with Crippen LogP contribution in [0.1, 0.15) is 28.8 Å². The normalized spacial score (nSPS) is 10.5. The van der Waals surface area contributed by atoms with Crippen LogP contribution in [0.5, 0.6) is 11.5 Å². The van der Waals surface area contributed by atoms with Crippen molar-refractivity contribution in [2.45, 2.75) is 13.5 Å². The van der Waals surface area contributed by atoms with E-state index >= 15 is 0 Å². The zero-order valence-corrected chi connectivity index (χ0v) is 15.2. The van der Waals surface area contributed by atoms with Gasteiger partial charge in [0.1, 0.15) is 12.4 Å². The second-order valence-electron chi connectivity index (χ2n) is 5.05. The quantitative estimate of drug-likeness (QED) is 0.429. The Hall–Kier alpha value is -3.49. The molecule has 0 saturated carbocycles. The van der Waals surface area contributed by atoms with Crippen LogP contribution >= 0.6 is 0 Å². The van der Waals surface area contributed by atoms with E-state index in [1.807, 2.05) is 6.92 Å². The molecule has 1 aromatic heterocycles.